The van der Waals surface area contributed by atoms with Gasteiger partial charge in [0, 0.05) is 6.54 Å². The number of hydrogen-bond donors (Lipinski definition) is 4. The number of hydrogen-bond acceptors (Lipinski definition) is 6. The van der Waals surface area contributed by atoms with Crippen LogP contribution in [0.1, 0.15) is 0 Å². The molecule has 0 aromatic heterocycles. The molecule has 0 heterocycles. The number of carbonyl (C=O) groups excluding carboxylic acids is 2. The molecule has 8 heteroatoms. The first-order chi connectivity index (χ1) is 5.66. The van der Waals surface area contributed by atoms with Crippen LogP contribution in [0.3, 0.4) is 0 Å². The van der Waals surface area contributed by atoms with Gasteiger partial charge in [-0.05, 0) is 0 Å². The van der Waals surface area contributed by atoms with Gasteiger partial charge in [-0.15, -0.1) is 0 Å². The largest absolute Gasteiger partial charge is 0.529 e. The summed E-state index contributed by atoms with van der Waals surface area (Å²) in [6, 6.07) is -0.887. The third kappa shape index (κ3) is 6.58. The first-order valence-corrected chi connectivity index (χ1v) is 3.01. The van der Waals surface area contributed by atoms with Gasteiger partial charge in [0.2, 0.25) is 0 Å². The standard InChI is InChI=1S/C4H10N4O4/c5-1-2-11-4(10)12-8-7-3(6)9/h8H,1-2,5H2,(H3,6,7,9). The molecule has 12 heavy (non-hydrogen) atoms. The van der Waals surface area contributed by atoms with Crippen LogP contribution in [0, 0.1) is 0 Å². The zero-order chi connectivity index (χ0) is 9.40. The highest BCUT2D eigenvalue weighted by atomic mass is 16.8. The Bertz CT molecular complexity index is 161. The van der Waals surface area contributed by atoms with Crippen LogP contribution >= 0.6 is 0 Å². The molecule has 0 rings (SSSR count). The van der Waals surface area contributed by atoms with Crippen LogP contribution in [0.25, 0.3) is 0 Å². The van der Waals surface area contributed by atoms with Crippen LogP contribution in [0.5, 0.6) is 0 Å². The topological polar surface area (TPSA) is 129 Å². The number of amides is 2. The van der Waals surface area contributed by atoms with Crippen molar-refractivity contribution < 1.29 is 19.2 Å². The zero-order valence-electron chi connectivity index (χ0n) is 6.20. The number of urea groups is 1. The van der Waals surface area contributed by atoms with Gasteiger partial charge in [0.15, 0.2) is 0 Å². The molecule has 8 nitrogen and oxygen atoms in total. The van der Waals surface area contributed by atoms with Crippen molar-refractivity contribution in [2.75, 3.05) is 13.2 Å². The highest BCUT2D eigenvalue weighted by Gasteiger charge is 2.01. The normalized spacial score (nSPS) is 8.75. The van der Waals surface area contributed by atoms with Gasteiger partial charge in [-0.25, -0.2) is 15.0 Å². The maximum atomic E-state index is 10.4. The van der Waals surface area contributed by atoms with E-state index in [0.717, 1.165) is 0 Å². The molecule has 0 unspecified atom stereocenters. The first-order valence-electron chi connectivity index (χ1n) is 3.01. The molecule has 0 atom stereocenters. The Morgan fingerprint density at radius 1 is 1.42 bits per heavy atom. The summed E-state index contributed by atoms with van der Waals surface area (Å²) < 4.78 is 4.33. The Morgan fingerprint density at radius 2 is 2.08 bits per heavy atom. The molecular formula is C4H10N4O4. The number of ether oxygens (including phenoxy) is 1. The Balaban J connectivity index is 3.25. The van der Waals surface area contributed by atoms with Crippen molar-refractivity contribution in [1.29, 1.82) is 0 Å². The quantitative estimate of drug-likeness (QED) is 0.296. The van der Waals surface area contributed by atoms with Crippen LogP contribution in [0.2, 0.25) is 0 Å². The van der Waals surface area contributed by atoms with E-state index in [0.29, 0.717) is 0 Å². The Morgan fingerprint density at radius 3 is 2.58 bits per heavy atom. The molecule has 70 valence electrons. The summed E-state index contributed by atoms with van der Waals surface area (Å²) in [6.07, 6.45) is -1.01. The number of nitrogens with one attached hydrogen (secondary N) is 2. The molecule has 0 aliphatic carbocycles. The number of primary amides is 1. The van der Waals surface area contributed by atoms with Gasteiger partial charge in [0.25, 0.3) is 0 Å². The van der Waals surface area contributed by atoms with E-state index in [4.69, 9.17) is 5.73 Å². The summed E-state index contributed by atoms with van der Waals surface area (Å²) >= 11 is 0. The second-order valence-corrected chi connectivity index (χ2v) is 1.58. The highest BCUT2D eigenvalue weighted by molar-refractivity contribution is 5.71. The second kappa shape index (κ2) is 6.19. The van der Waals surface area contributed by atoms with Crippen LogP contribution in [-0.2, 0) is 9.57 Å². The lowest BCUT2D eigenvalue weighted by atomic mass is 10.7. The van der Waals surface area contributed by atoms with E-state index >= 15 is 0 Å². The smallest absolute Gasteiger partial charge is 0.432 e. The van der Waals surface area contributed by atoms with Crippen molar-refractivity contribution in [3.63, 3.8) is 0 Å². The maximum Gasteiger partial charge on any atom is 0.529 e. The Hall–Kier alpha value is -1.54. The van der Waals surface area contributed by atoms with Gasteiger partial charge in [0.1, 0.15) is 6.61 Å². The van der Waals surface area contributed by atoms with Crippen molar-refractivity contribution in [3.05, 3.63) is 0 Å². The minimum atomic E-state index is -1.01. The number of rotatable bonds is 4. The fourth-order valence-corrected chi connectivity index (χ4v) is 0.289. The van der Waals surface area contributed by atoms with Crippen molar-refractivity contribution in [3.8, 4) is 0 Å². The van der Waals surface area contributed by atoms with E-state index in [-0.39, 0.29) is 13.2 Å². The predicted molar refractivity (Wildman–Crippen MR) is 37.3 cm³/mol. The monoisotopic (exact) mass is 178 g/mol. The molecule has 0 fully saturated rings. The fraction of sp³-hybridized carbons (Fsp3) is 0.500. The summed E-state index contributed by atoms with van der Waals surface area (Å²) in [4.78, 5) is 24.5. The molecule has 0 saturated heterocycles. The van der Waals surface area contributed by atoms with Gasteiger partial charge in [-0.3, -0.25) is 0 Å². The summed E-state index contributed by atoms with van der Waals surface area (Å²) in [5, 5.41) is 0. The third-order valence-corrected chi connectivity index (χ3v) is 0.646. The summed E-state index contributed by atoms with van der Waals surface area (Å²) in [6.45, 7) is 0.232. The van der Waals surface area contributed by atoms with Crippen LogP contribution < -0.4 is 22.5 Å². The Kier molecular flexibility index (Phi) is 5.39. The molecule has 0 saturated carbocycles. The van der Waals surface area contributed by atoms with Crippen LogP contribution in [0.15, 0.2) is 0 Å². The van der Waals surface area contributed by atoms with Crippen LogP contribution in [0.4, 0.5) is 9.59 Å². The SMILES string of the molecule is NCCOC(=O)ONNC(N)=O. The maximum absolute atomic E-state index is 10.4. The summed E-state index contributed by atoms with van der Waals surface area (Å²) in [5.74, 6) is 0. The van der Waals surface area contributed by atoms with Gasteiger partial charge in [-0.2, -0.15) is 0 Å². The second-order valence-electron chi connectivity index (χ2n) is 1.58. The van der Waals surface area contributed by atoms with E-state index in [9.17, 15) is 9.59 Å². The van der Waals surface area contributed by atoms with Crippen molar-refractivity contribution in [1.82, 2.24) is 11.0 Å². The Labute approximate surface area is 68.1 Å². The van der Waals surface area contributed by atoms with Crippen molar-refractivity contribution in [2.45, 2.75) is 0 Å². The fourth-order valence-electron chi connectivity index (χ4n) is 0.289. The van der Waals surface area contributed by atoms with Crippen molar-refractivity contribution >= 4 is 12.2 Å². The van der Waals surface area contributed by atoms with Gasteiger partial charge in [0.05, 0.1) is 0 Å². The minimum absolute atomic E-state index is 0.0388. The molecule has 0 aliphatic rings. The minimum Gasteiger partial charge on any atom is -0.432 e. The third-order valence-electron chi connectivity index (χ3n) is 0.646. The lowest BCUT2D eigenvalue weighted by Gasteiger charge is -2.04. The highest BCUT2D eigenvalue weighted by Crippen LogP contribution is 1.78. The average molecular weight is 178 g/mol. The van der Waals surface area contributed by atoms with E-state index in [1.807, 2.05) is 0 Å². The molecule has 0 aliphatic heterocycles. The van der Waals surface area contributed by atoms with E-state index in [1.165, 1.54) is 0 Å². The molecule has 0 aromatic carbocycles. The van der Waals surface area contributed by atoms with Gasteiger partial charge < -0.3 is 21.0 Å². The number of hydrazine groups is 1. The summed E-state index contributed by atoms with van der Waals surface area (Å²) in [5.41, 5.74) is 13.2. The van der Waals surface area contributed by atoms with E-state index < -0.39 is 12.2 Å². The van der Waals surface area contributed by atoms with Gasteiger partial charge in [-0.1, -0.05) is 5.59 Å². The molecular weight excluding hydrogens is 168 g/mol. The summed E-state index contributed by atoms with van der Waals surface area (Å²) in [7, 11) is 0. The lowest BCUT2D eigenvalue weighted by Crippen LogP contribution is -2.42. The first kappa shape index (κ1) is 10.5. The molecule has 0 spiro atoms. The van der Waals surface area contributed by atoms with E-state index in [1.54, 1.807) is 11.0 Å². The molecule has 0 radical (unpaired) electrons. The lowest BCUT2D eigenvalue weighted by molar-refractivity contribution is 0.00742. The molecule has 2 amide bonds. The molecule has 6 N–H and O–H groups in total. The van der Waals surface area contributed by atoms with Crippen LogP contribution in [-0.4, -0.2) is 25.3 Å². The van der Waals surface area contributed by atoms with E-state index in [2.05, 4.69) is 15.3 Å². The zero-order valence-corrected chi connectivity index (χ0v) is 6.20. The molecule has 0 bridgehead atoms. The van der Waals surface area contributed by atoms with Crippen molar-refractivity contribution in [2.24, 2.45) is 11.5 Å². The number of nitrogens with two attached hydrogens (primary N) is 2. The van der Waals surface area contributed by atoms with Gasteiger partial charge >= 0.3 is 12.2 Å². The molecule has 0 aromatic rings. The predicted octanol–water partition coefficient (Wildman–Crippen LogP) is -1.81. The number of carbonyl (C=O) groups is 2. The average Bonchev–Trinajstić information content (AvgIpc) is 2.00.